The number of benzene rings is 2. The van der Waals surface area contributed by atoms with Crippen LogP contribution in [-0.4, -0.2) is 13.1 Å². The van der Waals surface area contributed by atoms with E-state index in [1.165, 1.54) is 37.4 Å². The molecule has 2 rings (SSSR count). The molecule has 0 aliphatic carbocycles. The SMILES string of the molecule is COc1cc(C#N)ccc1OC(=O)c1ccccc1C(F)(F)F. The molecule has 0 heterocycles. The van der Waals surface area contributed by atoms with Crippen molar-refractivity contribution in [3.8, 4) is 17.6 Å². The average Bonchev–Trinajstić information content (AvgIpc) is 2.54. The lowest BCUT2D eigenvalue weighted by Crippen LogP contribution is -2.17. The highest BCUT2D eigenvalue weighted by Gasteiger charge is 2.35. The maximum absolute atomic E-state index is 12.9. The second-order valence-electron chi connectivity index (χ2n) is 4.41. The summed E-state index contributed by atoms with van der Waals surface area (Å²) in [5, 5.41) is 8.80. The van der Waals surface area contributed by atoms with Crippen molar-refractivity contribution in [2.75, 3.05) is 7.11 Å². The lowest BCUT2D eigenvalue weighted by Gasteiger charge is -2.13. The van der Waals surface area contributed by atoms with E-state index in [0.29, 0.717) is 0 Å². The minimum atomic E-state index is -4.68. The highest BCUT2D eigenvalue weighted by atomic mass is 19.4. The molecular weight excluding hydrogens is 311 g/mol. The topological polar surface area (TPSA) is 59.3 Å². The van der Waals surface area contributed by atoms with Crippen LogP contribution in [-0.2, 0) is 6.18 Å². The van der Waals surface area contributed by atoms with Crippen LogP contribution in [0.4, 0.5) is 13.2 Å². The quantitative estimate of drug-likeness (QED) is 0.637. The minimum Gasteiger partial charge on any atom is -0.493 e. The molecule has 0 saturated carbocycles. The summed E-state index contributed by atoms with van der Waals surface area (Å²) in [5.74, 6) is -1.17. The van der Waals surface area contributed by atoms with E-state index in [-0.39, 0.29) is 17.1 Å². The Labute approximate surface area is 129 Å². The van der Waals surface area contributed by atoms with Crippen LogP contribution in [0.3, 0.4) is 0 Å². The Hall–Kier alpha value is -3.01. The summed E-state index contributed by atoms with van der Waals surface area (Å²) in [7, 11) is 1.29. The number of ether oxygens (including phenoxy) is 2. The molecule has 0 radical (unpaired) electrons. The van der Waals surface area contributed by atoms with Crippen molar-refractivity contribution in [1.82, 2.24) is 0 Å². The Morgan fingerprint density at radius 2 is 1.83 bits per heavy atom. The second kappa shape index (κ2) is 6.40. The molecular formula is C16H10F3NO3. The molecule has 0 bridgehead atoms. The fourth-order valence-electron chi connectivity index (χ4n) is 1.88. The average molecular weight is 321 g/mol. The number of rotatable bonds is 3. The molecule has 0 unspecified atom stereocenters. The maximum atomic E-state index is 12.9. The highest BCUT2D eigenvalue weighted by Crippen LogP contribution is 2.33. The van der Waals surface area contributed by atoms with Crippen molar-refractivity contribution < 1.29 is 27.4 Å². The molecule has 118 valence electrons. The number of esters is 1. The third-order valence-corrected chi connectivity index (χ3v) is 2.95. The predicted molar refractivity (Wildman–Crippen MR) is 74.1 cm³/mol. The zero-order valence-corrected chi connectivity index (χ0v) is 11.8. The van der Waals surface area contributed by atoms with Gasteiger partial charge in [0.15, 0.2) is 11.5 Å². The molecule has 4 nitrogen and oxygen atoms in total. The molecule has 0 aliphatic rings. The predicted octanol–water partition coefficient (Wildman–Crippen LogP) is 3.80. The van der Waals surface area contributed by atoms with Crippen molar-refractivity contribution in [3.63, 3.8) is 0 Å². The first-order valence-electron chi connectivity index (χ1n) is 6.33. The summed E-state index contributed by atoms with van der Waals surface area (Å²) < 4.78 is 48.7. The van der Waals surface area contributed by atoms with Crippen LogP contribution in [0.2, 0.25) is 0 Å². The molecule has 0 atom stereocenters. The van der Waals surface area contributed by atoms with E-state index in [2.05, 4.69) is 0 Å². The highest BCUT2D eigenvalue weighted by molar-refractivity contribution is 5.93. The number of carbonyl (C=O) groups is 1. The molecule has 2 aromatic rings. The van der Waals surface area contributed by atoms with Gasteiger partial charge in [0.05, 0.1) is 29.9 Å². The molecule has 2 aromatic carbocycles. The normalized spacial score (nSPS) is 10.7. The van der Waals surface area contributed by atoms with E-state index in [0.717, 1.165) is 12.1 Å². The maximum Gasteiger partial charge on any atom is 0.417 e. The van der Waals surface area contributed by atoms with Gasteiger partial charge in [0.1, 0.15) is 0 Å². The number of hydrogen-bond donors (Lipinski definition) is 0. The zero-order chi connectivity index (χ0) is 17.0. The van der Waals surface area contributed by atoms with Crippen LogP contribution in [0.1, 0.15) is 21.5 Å². The first-order chi connectivity index (χ1) is 10.9. The van der Waals surface area contributed by atoms with Gasteiger partial charge in [0, 0.05) is 6.07 Å². The van der Waals surface area contributed by atoms with Crippen LogP contribution in [0.25, 0.3) is 0 Å². The van der Waals surface area contributed by atoms with Gasteiger partial charge in [-0.3, -0.25) is 0 Å². The summed E-state index contributed by atoms with van der Waals surface area (Å²) in [4.78, 5) is 12.1. The molecule has 0 aromatic heterocycles. The standard InChI is InChI=1S/C16H10F3NO3/c1-22-14-8-10(9-20)6-7-13(14)23-15(21)11-4-2-3-5-12(11)16(17,18)19/h2-8H,1H3. The zero-order valence-electron chi connectivity index (χ0n) is 11.8. The van der Waals surface area contributed by atoms with Gasteiger partial charge in [-0.05, 0) is 24.3 Å². The largest absolute Gasteiger partial charge is 0.493 e. The van der Waals surface area contributed by atoms with Gasteiger partial charge in [-0.25, -0.2) is 4.79 Å². The Kier molecular flexibility index (Phi) is 4.55. The Morgan fingerprint density at radius 1 is 1.13 bits per heavy atom. The fraction of sp³-hybridized carbons (Fsp3) is 0.125. The van der Waals surface area contributed by atoms with Crippen molar-refractivity contribution in [3.05, 3.63) is 59.2 Å². The van der Waals surface area contributed by atoms with Crippen molar-refractivity contribution >= 4 is 5.97 Å². The van der Waals surface area contributed by atoms with E-state index in [1.54, 1.807) is 0 Å². The van der Waals surface area contributed by atoms with Crippen LogP contribution >= 0.6 is 0 Å². The van der Waals surface area contributed by atoms with E-state index in [1.807, 2.05) is 6.07 Å². The van der Waals surface area contributed by atoms with Crippen LogP contribution in [0.5, 0.6) is 11.5 Å². The number of halogens is 3. The number of alkyl halides is 3. The van der Waals surface area contributed by atoms with Crippen LogP contribution < -0.4 is 9.47 Å². The molecule has 0 aliphatic heterocycles. The summed E-state index contributed by atoms with van der Waals surface area (Å²) in [5.41, 5.74) is -1.43. The smallest absolute Gasteiger partial charge is 0.417 e. The summed E-state index contributed by atoms with van der Waals surface area (Å²) in [6, 6.07) is 10.2. The molecule has 0 N–H and O–H groups in total. The van der Waals surface area contributed by atoms with E-state index < -0.39 is 23.3 Å². The number of nitriles is 1. The van der Waals surface area contributed by atoms with Crippen LogP contribution in [0.15, 0.2) is 42.5 Å². The number of methoxy groups -OCH3 is 1. The van der Waals surface area contributed by atoms with E-state index in [9.17, 15) is 18.0 Å². The lowest BCUT2D eigenvalue weighted by atomic mass is 10.1. The van der Waals surface area contributed by atoms with Gasteiger partial charge in [0.25, 0.3) is 0 Å². The van der Waals surface area contributed by atoms with Crippen molar-refractivity contribution in [1.29, 1.82) is 5.26 Å². The summed E-state index contributed by atoms with van der Waals surface area (Å²) in [6.45, 7) is 0. The molecule has 0 fully saturated rings. The fourth-order valence-corrected chi connectivity index (χ4v) is 1.88. The molecule has 0 amide bonds. The summed E-state index contributed by atoms with van der Waals surface area (Å²) in [6.07, 6.45) is -4.68. The third-order valence-electron chi connectivity index (χ3n) is 2.95. The third kappa shape index (κ3) is 3.61. The van der Waals surface area contributed by atoms with Crippen molar-refractivity contribution in [2.24, 2.45) is 0 Å². The van der Waals surface area contributed by atoms with Crippen LogP contribution in [0, 0.1) is 11.3 Å². The Balaban J connectivity index is 2.36. The minimum absolute atomic E-state index is 0.0712. The van der Waals surface area contributed by atoms with E-state index >= 15 is 0 Å². The number of hydrogen-bond acceptors (Lipinski definition) is 4. The monoisotopic (exact) mass is 321 g/mol. The Morgan fingerprint density at radius 3 is 2.43 bits per heavy atom. The van der Waals surface area contributed by atoms with Gasteiger partial charge in [-0.1, -0.05) is 12.1 Å². The first-order valence-corrected chi connectivity index (χ1v) is 6.33. The molecule has 23 heavy (non-hydrogen) atoms. The Bertz CT molecular complexity index is 779. The number of nitrogens with zero attached hydrogens (tertiary/aromatic N) is 1. The van der Waals surface area contributed by atoms with Crippen molar-refractivity contribution in [2.45, 2.75) is 6.18 Å². The van der Waals surface area contributed by atoms with Gasteiger partial charge >= 0.3 is 12.1 Å². The summed E-state index contributed by atoms with van der Waals surface area (Å²) >= 11 is 0. The van der Waals surface area contributed by atoms with Gasteiger partial charge in [-0.15, -0.1) is 0 Å². The van der Waals surface area contributed by atoms with Gasteiger partial charge < -0.3 is 9.47 Å². The van der Waals surface area contributed by atoms with E-state index in [4.69, 9.17) is 14.7 Å². The lowest BCUT2D eigenvalue weighted by molar-refractivity contribution is -0.138. The number of carbonyl (C=O) groups excluding carboxylic acids is 1. The molecule has 0 saturated heterocycles. The van der Waals surface area contributed by atoms with Gasteiger partial charge in [0.2, 0.25) is 0 Å². The van der Waals surface area contributed by atoms with Gasteiger partial charge in [-0.2, -0.15) is 18.4 Å². The molecule has 0 spiro atoms. The first kappa shape index (κ1) is 16.4. The molecule has 7 heteroatoms. The second-order valence-corrected chi connectivity index (χ2v) is 4.41.